The fourth-order valence-electron chi connectivity index (χ4n) is 2.14. The molecule has 0 radical (unpaired) electrons. The second-order valence-electron chi connectivity index (χ2n) is 4.92. The molecule has 5 nitrogen and oxygen atoms in total. The quantitative estimate of drug-likeness (QED) is 0.666. The number of amides is 1. The molecule has 1 aliphatic heterocycles. The van der Waals surface area contributed by atoms with E-state index in [0.29, 0.717) is 21.5 Å². The first kappa shape index (κ1) is 19.1. The minimum atomic E-state index is -0.0229. The molecule has 1 heterocycles. The number of thiocarbonyl (C=S) groups is 1. The summed E-state index contributed by atoms with van der Waals surface area (Å²) in [5.41, 5.74) is 2.52. The number of aromatic hydroxyl groups is 1. The average molecular weight is 351 g/mol. The molecule has 1 N–H and O–H groups in total. The van der Waals surface area contributed by atoms with E-state index < -0.39 is 0 Å². The SMILES string of the molecule is CCCN1C(=O)/C(=C/c2cc(C)c(O)c(C)c2)SC1=S.O=C=O. The number of nitrogens with zero attached hydrogens (tertiary/aromatic N) is 1. The molecule has 0 bridgehead atoms. The lowest BCUT2D eigenvalue weighted by atomic mass is 10.1. The zero-order valence-electron chi connectivity index (χ0n) is 13.1. The van der Waals surface area contributed by atoms with Gasteiger partial charge in [0, 0.05) is 6.54 Å². The Balaban J connectivity index is 0.000000816. The molecular formula is C16H17NO4S2. The summed E-state index contributed by atoms with van der Waals surface area (Å²) in [5.74, 6) is 0.283. The van der Waals surface area contributed by atoms with Gasteiger partial charge in [-0.05, 0) is 55.2 Å². The number of phenolic OH excluding ortho intramolecular Hbond substituents is 1. The van der Waals surface area contributed by atoms with Gasteiger partial charge in [0.2, 0.25) is 0 Å². The van der Waals surface area contributed by atoms with Crippen LogP contribution in [0.15, 0.2) is 17.0 Å². The van der Waals surface area contributed by atoms with Gasteiger partial charge in [-0.3, -0.25) is 9.69 Å². The van der Waals surface area contributed by atoms with Crippen LogP contribution in [0.2, 0.25) is 0 Å². The molecule has 1 aromatic rings. The molecular weight excluding hydrogens is 334 g/mol. The summed E-state index contributed by atoms with van der Waals surface area (Å²) in [5, 5.41) is 9.78. The minimum Gasteiger partial charge on any atom is -0.507 e. The molecule has 2 rings (SSSR count). The molecule has 1 fully saturated rings. The number of rotatable bonds is 3. The fourth-order valence-corrected chi connectivity index (χ4v) is 3.45. The zero-order valence-corrected chi connectivity index (χ0v) is 14.7. The lowest BCUT2D eigenvalue weighted by Crippen LogP contribution is -2.28. The molecule has 1 amide bonds. The molecule has 7 heteroatoms. The minimum absolute atomic E-state index is 0.0229. The third-order valence-corrected chi connectivity index (χ3v) is 4.51. The predicted molar refractivity (Wildman–Crippen MR) is 92.8 cm³/mol. The Morgan fingerprint density at radius 3 is 2.30 bits per heavy atom. The average Bonchev–Trinajstić information content (AvgIpc) is 2.73. The molecule has 0 saturated carbocycles. The van der Waals surface area contributed by atoms with Gasteiger partial charge in [0.15, 0.2) is 0 Å². The fraction of sp³-hybridized carbons (Fsp3) is 0.312. The number of thioether (sulfide) groups is 1. The van der Waals surface area contributed by atoms with Gasteiger partial charge in [0.25, 0.3) is 5.91 Å². The van der Waals surface area contributed by atoms with E-state index in [9.17, 15) is 9.90 Å². The van der Waals surface area contributed by atoms with Gasteiger partial charge in [0.05, 0.1) is 4.91 Å². The van der Waals surface area contributed by atoms with Crippen molar-refractivity contribution in [3.05, 3.63) is 33.7 Å². The van der Waals surface area contributed by atoms with Gasteiger partial charge < -0.3 is 5.11 Å². The first-order chi connectivity index (χ1) is 10.8. The van der Waals surface area contributed by atoms with Crippen molar-refractivity contribution in [2.24, 2.45) is 0 Å². The van der Waals surface area contributed by atoms with Crippen LogP contribution in [0.5, 0.6) is 5.75 Å². The Morgan fingerprint density at radius 1 is 1.30 bits per heavy atom. The van der Waals surface area contributed by atoms with E-state index in [-0.39, 0.29) is 12.1 Å². The molecule has 122 valence electrons. The van der Waals surface area contributed by atoms with E-state index >= 15 is 0 Å². The van der Waals surface area contributed by atoms with Crippen LogP contribution in [-0.4, -0.2) is 32.9 Å². The molecule has 0 spiro atoms. The largest absolute Gasteiger partial charge is 0.507 e. The van der Waals surface area contributed by atoms with E-state index in [1.165, 1.54) is 11.8 Å². The molecule has 0 atom stereocenters. The summed E-state index contributed by atoms with van der Waals surface area (Å²) in [7, 11) is 0. The number of hydrogen-bond donors (Lipinski definition) is 1. The molecule has 0 aliphatic carbocycles. The van der Waals surface area contributed by atoms with E-state index in [2.05, 4.69) is 0 Å². The Labute approximate surface area is 144 Å². The van der Waals surface area contributed by atoms with E-state index in [1.54, 1.807) is 4.90 Å². The van der Waals surface area contributed by atoms with Crippen LogP contribution in [0.3, 0.4) is 0 Å². The van der Waals surface area contributed by atoms with Crippen LogP contribution in [0.1, 0.15) is 30.0 Å². The van der Waals surface area contributed by atoms with E-state index in [1.807, 2.05) is 39.0 Å². The Kier molecular flexibility index (Phi) is 7.16. The third kappa shape index (κ3) is 4.76. The highest BCUT2D eigenvalue weighted by molar-refractivity contribution is 8.26. The Hall–Kier alpha value is -1.95. The number of phenols is 1. The van der Waals surface area contributed by atoms with Crippen molar-refractivity contribution in [3.63, 3.8) is 0 Å². The maximum atomic E-state index is 12.2. The second-order valence-corrected chi connectivity index (χ2v) is 6.60. The molecule has 1 saturated heterocycles. The smallest absolute Gasteiger partial charge is 0.373 e. The first-order valence-electron chi connectivity index (χ1n) is 6.90. The van der Waals surface area contributed by atoms with Crippen LogP contribution >= 0.6 is 24.0 Å². The zero-order chi connectivity index (χ0) is 17.6. The molecule has 1 aromatic carbocycles. The number of carbonyl (C=O) groups excluding carboxylic acids is 3. The van der Waals surface area contributed by atoms with E-state index in [4.69, 9.17) is 21.8 Å². The lowest BCUT2D eigenvalue weighted by molar-refractivity contribution is -0.191. The summed E-state index contributed by atoms with van der Waals surface area (Å²) in [6.07, 6.45) is 2.98. The van der Waals surface area contributed by atoms with Crippen molar-refractivity contribution in [2.45, 2.75) is 27.2 Å². The van der Waals surface area contributed by atoms with Crippen molar-refractivity contribution in [1.82, 2.24) is 4.90 Å². The molecule has 23 heavy (non-hydrogen) atoms. The van der Waals surface area contributed by atoms with Crippen LogP contribution in [-0.2, 0) is 14.4 Å². The van der Waals surface area contributed by atoms with Gasteiger partial charge >= 0.3 is 6.15 Å². The Morgan fingerprint density at radius 2 is 1.83 bits per heavy atom. The van der Waals surface area contributed by atoms with Crippen molar-refractivity contribution in [1.29, 1.82) is 0 Å². The van der Waals surface area contributed by atoms with Gasteiger partial charge in [0.1, 0.15) is 10.1 Å². The molecule has 0 aromatic heterocycles. The first-order valence-corrected chi connectivity index (χ1v) is 8.13. The number of carbonyl (C=O) groups is 1. The molecule has 1 aliphatic rings. The standard InChI is InChI=1S/C15H17NO2S2.CO2/c1-4-5-16-14(18)12(20-15(16)19)8-11-6-9(2)13(17)10(3)7-11;2-1-3/h6-8,17H,4-5H2,1-3H3;/b12-8-;. The summed E-state index contributed by atoms with van der Waals surface area (Å²) in [6.45, 7) is 6.38. The summed E-state index contributed by atoms with van der Waals surface area (Å²) in [4.78, 5) is 30.8. The van der Waals surface area contributed by atoms with Crippen LogP contribution in [0.4, 0.5) is 0 Å². The van der Waals surface area contributed by atoms with Crippen molar-refractivity contribution >= 4 is 46.4 Å². The van der Waals surface area contributed by atoms with Crippen LogP contribution < -0.4 is 0 Å². The van der Waals surface area contributed by atoms with Crippen molar-refractivity contribution in [3.8, 4) is 5.75 Å². The Bertz CT molecular complexity index is 668. The number of aryl methyl sites for hydroxylation is 2. The normalized spacial score (nSPS) is 15.4. The topological polar surface area (TPSA) is 74.7 Å². The maximum absolute atomic E-state index is 12.2. The van der Waals surface area contributed by atoms with Gasteiger partial charge in [-0.25, -0.2) is 0 Å². The summed E-state index contributed by atoms with van der Waals surface area (Å²) >= 11 is 6.57. The monoisotopic (exact) mass is 351 g/mol. The maximum Gasteiger partial charge on any atom is 0.373 e. The predicted octanol–water partition coefficient (Wildman–Crippen LogP) is 3.04. The second kappa shape index (κ2) is 8.62. The van der Waals surface area contributed by atoms with Crippen molar-refractivity contribution < 1.29 is 19.5 Å². The summed E-state index contributed by atoms with van der Waals surface area (Å²) in [6, 6.07) is 3.74. The lowest BCUT2D eigenvalue weighted by Gasteiger charge is -2.12. The number of benzene rings is 1. The highest BCUT2D eigenvalue weighted by Gasteiger charge is 2.31. The van der Waals surface area contributed by atoms with E-state index in [0.717, 1.165) is 23.1 Å². The van der Waals surface area contributed by atoms with Gasteiger partial charge in [-0.2, -0.15) is 9.59 Å². The highest BCUT2D eigenvalue weighted by Crippen LogP contribution is 2.33. The highest BCUT2D eigenvalue weighted by atomic mass is 32.2. The van der Waals surface area contributed by atoms with Crippen molar-refractivity contribution in [2.75, 3.05) is 6.54 Å². The van der Waals surface area contributed by atoms with Crippen LogP contribution in [0.25, 0.3) is 6.08 Å². The third-order valence-electron chi connectivity index (χ3n) is 3.13. The number of hydrogen-bond acceptors (Lipinski definition) is 6. The summed E-state index contributed by atoms with van der Waals surface area (Å²) < 4.78 is 0.621. The van der Waals surface area contributed by atoms with Gasteiger partial charge in [-0.15, -0.1) is 0 Å². The van der Waals surface area contributed by atoms with Crippen LogP contribution in [0, 0.1) is 13.8 Å². The molecule has 0 unspecified atom stereocenters. The van der Waals surface area contributed by atoms with Gasteiger partial charge in [-0.1, -0.05) is 30.9 Å².